The van der Waals surface area contributed by atoms with Crippen LogP contribution in [0, 0.1) is 0 Å². The van der Waals surface area contributed by atoms with Crippen molar-refractivity contribution in [3.8, 4) is 0 Å². The molecule has 2 saturated carbocycles. The molecule has 8 heteroatoms. The summed E-state index contributed by atoms with van der Waals surface area (Å²) in [6.45, 7) is 2.83. The fraction of sp³-hybridized carbons (Fsp3) is 0.750. The SMILES string of the molecule is COCCN(C(=O)c1cc(C2CC2)on1)C1CCC(NC(=O)C[C@@H](C)N)CC1. The molecule has 0 saturated heterocycles. The van der Waals surface area contributed by atoms with E-state index in [1.54, 1.807) is 13.2 Å². The van der Waals surface area contributed by atoms with Gasteiger partial charge in [-0.3, -0.25) is 9.59 Å². The molecule has 8 nitrogen and oxygen atoms in total. The summed E-state index contributed by atoms with van der Waals surface area (Å²) in [6, 6.07) is 1.92. The van der Waals surface area contributed by atoms with Crippen LogP contribution in [-0.2, 0) is 9.53 Å². The lowest BCUT2D eigenvalue weighted by molar-refractivity contribution is -0.122. The molecule has 0 aliphatic heterocycles. The quantitative estimate of drug-likeness (QED) is 0.663. The van der Waals surface area contributed by atoms with Crippen LogP contribution in [-0.4, -0.2) is 60.3 Å². The fourth-order valence-corrected chi connectivity index (χ4v) is 3.85. The number of hydrogen-bond donors (Lipinski definition) is 2. The summed E-state index contributed by atoms with van der Waals surface area (Å²) in [5.41, 5.74) is 6.07. The summed E-state index contributed by atoms with van der Waals surface area (Å²) in [5.74, 6) is 1.14. The van der Waals surface area contributed by atoms with Gasteiger partial charge in [-0.1, -0.05) is 5.16 Å². The van der Waals surface area contributed by atoms with Crippen LogP contribution < -0.4 is 11.1 Å². The molecule has 0 aromatic carbocycles. The van der Waals surface area contributed by atoms with Gasteiger partial charge in [0, 0.05) is 50.2 Å². The van der Waals surface area contributed by atoms with Gasteiger partial charge in [-0.2, -0.15) is 0 Å². The molecule has 0 bridgehead atoms. The number of ether oxygens (including phenoxy) is 1. The van der Waals surface area contributed by atoms with E-state index in [1.807, 2.05) is 11.8 Å². The number of amides is 2. The van der Waals surface area contributed by atoms with Gasteiger partial charge in [0.1, 0.15) is 5.76 Å². The van der Waals surface area contributed by atoms with E-state index in [4.69, 9.17) is 15.0 Å². The number of nitrogens with two attached hydrogens (primary N) is 1. The van der Waals surface area contributed by atoms with Crippen LogP contribution in [0.15, 0.2) is 10.6 Å². The lowest BCUT2D eigenvalue weighted by Gasteiger charge is -2.36. The number of aromatic nitrogens is 1. The first kappa shape index (κ1) is 20.8. The van der Waals surface area contributed by atoms with E-state index in [9.17, 15) is 9.59 Å². The van der Waals surface area contributed by atoms with Crippen molar-refractivity contribution >= 4 is 11.8 Å². The van der Waals surface area contributed by atoms with Gasteiger partial charge < -0.3 is 25.2 Å². The van der Waals surface area contributed by atoms with Crippen LogP contribution in [0.1, 0.15) is 74.0 Å². The number of methoxy groups -OCH3 is 1. The number of rotatable bonds is 9. The van der Waals surface area contributed by atoms with Gasteiger partial charge in [0.25, 0.3) is 5.91 Å². The van der Waals surface area contributed by atoms with E-state index >= 15 is 0 Å². The van der Waals surface area contributed by atoms with Crippen LogP contribution in [0.3, 0.4) is 0 Å². The number of hydrogen-bond acceptors (Lipinski definition) is 6. The zero-order chi connectivity index (χ0) is 20.1. The summed E-state index contributed by atoms with van der Waals surface area (Å²) in [6.07, 6.45) is 5.92. The molecule has 1 heterocycles. The van der Waals surface area contributed by atoms with Crippen molar-refractivity contribution < 1.29 is 18.8 Å². The molecule has 0 radical (unpaired) electrons. The third-order valence-electron chi connectivity index (χ3n) is 5.53. The maximum Gasteiger partial charge on any atom is 0.276 e. The minimum atomic E-state index is -0.138. The number of carbonyl (C=O) groups is 2. The highest BCUT2D eigenvalue weighted by atomic mass is 16.5. The first-order valence-electron chi connectivity index (χ1n) is 10.3. The molecule has 1 aromatic heterocycles. The monoisotopic (exact) mass is 392 g/mol. The molecular weight excluding hydrogens is 360 g/mol. The minimum Gasteiger partial charge on any atom is -0.383 e. The second-order valence-corrected chi connectivity index (χ2v) is 8.13. The normalized spacial score (nSPS) is 23.2. The molecule has 1 aromatic rings. The van der Waals surface area contributed by atoms with Gasteiger partial charge in [0.05, 0.1) is 6.61 Å². The Hall–Kier alpha value is -1.93. The van der Waals surface area contributed by atoms with Crippen LogP contribution in [0.4, 0.5) is 0 Å². The topological polar surface area (TPSA) is 111 Å². The zero-order valence-electron chi connectivity index (χ0n) is 16.9. The summed E-state index contributed by atoms with van der Waals surface area (Å²) in [4.78, 5) is 26.9. The van der Waals surface area contributed by atoms with Gasteiger partial charge in [-0.05, 0) is 45.4 Å². The first-order valence-corrected chi connectivity index (χ1v) is 10.3. The van der Waals surface area contributed by atoms with E-state index in [1.165, 1.54) is 0 Å². The van der Waals surface area contributed by atoms with E-state index in [0.717, 1.165) is 44.3 Å². The van der Waals surface area contributed by atoms with Gasteiger partial charge in [-0.25, -0.2) is 0 Å². The minimum absolute atomic E-state index is 0.000896. The van der Waals surface area contributed by atoms with Crippen molar-refractivity contribution in [1.82, 2.24) is 15.4 Å². The Morgan fingerprint density at radius 3 is 2.64 bits per heavy atom. The second kappa shape index (κ2) is 9.52. The standard InChI is InChI=1S/C20H32N4O4/c1-13(21)11-19(25)22-15-5-7-16(8-6-15)24(9-10-27-2)20(26)17-12-18(28-23-17)14-3-4-14/h12-16H,3-11,21H2,1-2H3,(H,22,25)/t13-,15?,16?/m1/s1. The number of nitrogens with one attached hydrogen (secondary N) is 1. The number of nitrogens with zero attached hydrogens (tertiary/aromatic N) is 2. The maximum absolute atomic E-state index is 13.1. The van der Waals surface area contributed by atoms with Crippen molar-refractivity contribution in [3.05, 3.63) is 17.5 Å². The summed E-state index contributed by atoms with van der Waals surface area (Å²) >= 11 is 0. The van der Waals surface area contributed by atoms with Gasteiger partial charge in [0.2, 0.25) is 5.91 Å². The second-order valence-electron chi connectivity index (χ2n) is 8.13. The van der Waals surface area contributed by atoms with Crippen molar-refractivity contribution in [1.29, 1.82) is 0 Å². The average Bonchev–Trinajstić information content (AvgIpc) is 3.39. The van der Waals surface area contributed by atoms with E-state index in [0.29, 0.717) is 31.2 Å². The molecular formula is C20H32N4O4. The molecule has 2 fully saturated rings. The third kappa shape index (κ3) is 5.54. The zero-order valence-corrected chi connectivity index (χ0v) is 16.9. The van der Waals surface area contributed by atoms with Gasteiger partial charge >= 0.3 is 0 Å². The highest BCUT2D eigenvalue weighted by molar-refractivity contribution is 5.92. The van der Waals surface area contributed by atoms with Crippen LogP contribution in [0.25, 0.3) is 0 Å². The van der Waals surface area contributed by atoms with Crippen molar-refractivity contribution in [2.24, 2.45) is 5.73 Å². The molecule has 0 spiro atoms. The van der Waals surface area contributed by atoms with E-state index in [2.05, 4.69) is 10.5 Å². The Labute approximate surface area is 166 Å². The highest BCUT2D eigenvalue weighted by Gasteiger charge is 2.33. The molecule has 2 amide bonds. The molecule has 3 rings (SSSR count). The largest absolute Gasteiger partial charge is 0.383 e. The van der Waals surface area contributed by atoms with Crippen LogP contribution >= 0.6 is 0 Å². The third-order valence-corrected chi connectivity index (χ3v) is 5.53. The molecule has 2 aliphatic carbocycles. The fourth-order valence-electron chi connectivity index (χ4n) is 3.85. The Morgan fingerprint density at radius 2 is 2.04 bits per heavy atom. The van der Waals surface area contributed by atoms with E-state index in [-0.39, 0.29) is 29.9 Å². The predicted molar refractivity (Wildman–Crippen MR) is 104 cm³/mol. The van der Waals surface area contributed by atoms with Crippen molar-refractivity contribution in [3.63, 3.8) is 0 Å². The lowest BCUT2D eigenvalue weighted by atomic mass is 9.89. The molecule has 1 atom stereocenters. The Morgan fingerprint density at radius 1 is 1.32 bits per heavy atom. The Bertz CT molecular complexity index is 663. The van der Waals surface area contributed by atoms with Crippen molar-refractivity contribution in [2.75, 3.05) is 20.3 Å². The summed E-state index contributed by atoms with van der Waals surface area (Å²) in [7, 11) is 1.63. The first-order chi connectivity index (χ1) is 13.5. The molecule has 156 valence electrons. The molecule has 2 aliphatic rings. The summed E-state index contributed by atoms with van der Waals surface area (Å²) < 4.78 is 10.6. The smallest absolute Gasteiger partial charge is 0.276 e. The summed E-state index contributed by atoms with van der Waals surface area (Å²) in [5, 5.41) is 7.07. The van der Waals surface area contributed by atoms with Crippen LogP contribution in [0.2, 0.25) is 0 Å². The van der Waals surface area contributed by atoms with Crippen LogP contribution in [0.5, 0.6) is 0 Å². The maximum atomic E-state index is 13.1. The Kier molecular flexibility index (Phi) is 7.07. The average molecular weight is 393 g/mol. The molecule has 0 unspecified atom stereocenters. The van der Waals surface area contributed by atoms with E-state index < -0.39 is 0 Å². The predicted octanol–water partition coefficient (Wildman–Crippen LogP) is 1.81. The highest BCUT2D eigenvalue weighted by Crippen LogP contribution is 2.40. The Balaban J connectivity index is 1.57. The molecule has 3 N–H and O–H groups in total. The van der Waals surface area contributed by atoms with Gasteiger partial charge in [-0.15, -0.1) is 0 Å². The molecule has 28 heavy (non-hydrogen) atoms. The van der Waals surface area contributed by atoms with Gasteiger partial charge in [0.15, 0.2) is 5.69 Å². The van der Waals surface area contributed by atoms with Crippen molar-refractivity contribution in [2.45, 2.75) is 75.9 Å². The lowest BCUT2D eigenvalue weighted by Crippen LogP contribution is -2.47. The number of carbonyl (C=O) groups excluding carboxylic acids is 2.